The Morgan fingerprint density at radius 3 is 2.71 bits per heavy atom. The van der Waals surface area contributed by atoms with E-state index in [0.717, 1.165) is 6.42 Å². The van der Waals surface area contributed by atoms with E-state index in [1.165, 1.54) is 19.3 Å². The van der Waals surface area contributed by atoms with E-state index in [4.69, 9.17) is 11.6 Å². The van der Waals surface area contributed by atoms with Crippen molar-refractivity contribution in [3.63, 3.8) is 0 Å². The third-order valence-corrected chi connectivity index (χ3v) is 3.88. The van der Waals surface area contributed by atoms with Gasteiger partial charge in [-0.2, -0.15) is 0 Å². The van der Waals surface area contributed by atoms with Gasteiger partial charge in [0.25, 0.3) is 5.91 Å². The molecule has 1 aliphatic rings. The molecule has 92 valence electrons. The lowest BCUT2D eigenvalue weighted by molar-refractivity contribution is 0.0910. The highest BCUT2D eigenvalue weighted by molar-refractivity contribution is 6.33. The maximum Gasteiger partial charge on any atom is 0.253 e. The van der Waals surface area contributed by atoms with E-state index in [2.05, 4.69) is 12.2 Å². The molecule has 0 aliphatic heterocycles. The van der Waals surface area contributed by atoms with Crippen LogP contribution in [0.5, 0.6) is 0 Å². The van der Waals surface area contributed by atoms with Crippen LogP contribution >= 0.6 is 11.6 Å². The van der Waals surface area contributed by atoms with Crippen LogP contribution in [0.2, 0.25) is 5.02 Å². The average Bonchev–Trinajstić information content (AvgIpc) is 2.32. The van der Waals surface area contributed by atoms with Crippen molar-refractivity contribution in [1.29, 1.82) is 0 Å². The van der Waals surface area contributed by atoms with Crippen LogP contribution in [0.1, 0.15) is 43.0 Å². The van der Waals surface area contributed by atoms with Crippen molar-refractivity contribution in [2.75, 3.05) is 0 Å². The minimum atomic E-state index is -0.0469. The molecule has 1 N–H and O–H groups in total. The van der Waals surface area contributed by atoms with Crippen molar-refractivity contribution < 1.29 is 4.79 Å². The summed E-state index contributed by atoms with van der Waals surface area (Å²) >= 11 is 6.01. The molecular weight excluding hydrogens is 234 g/mol. The number of halogens is 1. The average molecular weight is 252 g/mol. The van der Waals surface area contributed by atoms with E-state index < -0.39 is 0 Å². The monoisotopic (exact) mass is 251 g/mol. The Bertz CT molecular complexity index is 405. The third kappa shape index (κ3) is 3.01. The minimum absolute atomic E-state index is 0.0469. The zero-order valence-electron chi connectivity index (χ0n) is 10.1. The van der Waals surface area contributed by atoms with E-state index in [-0.39, 0.29) is 5.91 Å². The van der Waals surface area contributed by atoms with Gasteiger partial charge >= 0.3 is 0 Å². The van der Waals surface area contributed by atoms with Crippen LogP contribution in [0.25, 0.3) is 0 Å². The number of nitrogens with one attached hydrogen (secondary N) is 1. The van der Waals surface area contributed by atoms with Gasteiger partial charge < -0.3 is 5.32 Å². The fourth-order valence-corrected chi connectivity index (χ4v) is 2.64. The van der Waals surface area contributed by atoms with Crippen molar-refractivity contribution in [1.82, 2.24) is 5.32 Å². The zero-order valence-corrected chi connectivity index (χ0v) is 10.8. The van der Waals surface area contributed by atoms with E-state index >= 15 is 0 Å². The Kier molecular flexibility index (Phi) is 4.06. The van der Waals surface area contributed by atoms with Crippen molar-refractivity contribution in [3.05, 3.63) is 34.9 Å². The molecule has 0 heterocycles. The minimum Gasteiger partial charge on any atom is -0.349 e. The Hall–Kier alpha value is -1.02. The number of amides is 1. The second-order valence-electron chi connectivity index (χ2n) is 4.82. The van der Waals surface area contributed by atoms with E-state index in [0.29, 0.717) is 22.5 Å². The fourth-order valence-electron chi connectivity index (χ4n) is 2.42. The highest BCUT2D eigenvalue weighted by atomic mass is 35.5. The largest absolute Gasteiger partial charge is 0.349 e. The Morgan fingerprint density at radius 1 is 1.29 bits per heavy atom. The lowest BCUT2D eigenvalue weighted by Crippen LogP contribution is -2.41. The molecule has 3 heteroatoms. The van der Waals surface area contributed by atoms with Crippen molar-refractivity contribution >= 4 is 17.5 Å². The summed E-state index contributed by atoms with van der Waals surface area (Å²) in [5.41, 5.74) is 0.576. The number of rotatable bonds is 2. The van der Waals surface area contributed by atoms with Gasteiger partial charge in [-0.25, -0.2) is 0 Å². The Morgan fingerprint density at radius 2 is 2.00 bits per heavy atom. The summed E-state index contributed by atoms with van der Waals surface area (Å²) in [4.78, 5) is 12.1. The molecule has 0 saturated heterocycles. The van der Waals surface area contributed by atoms with E-state index in [9.17, 15) is 4.79 Å². The number of hydrogen-bond acceptors (Lipinski definition) is 1. The molecule has 1 aromatic carbocycles. The van der Waals surface area contributed by atoms with E-state index in [1.807, 2.05) is 12.1 Å². The van der Waals surface area contributed by atoms with Gasteiger partial charge in [-0.3, -0.25) is 4.79 Å². The van der Waals surface area contributed by atoms with Gasteiger partial charge in [0.05, 0.1) is 10.6 Å². The molecule has 0 bridgehead atoms. The number of carbonyl (C=O) groups excluding carboxylic acids is 1. The van der Waals surface area contributed by atoms with Gasteiger partial charge in [0.2, 0.25) is 0 Å². The summed E-state index contributed by atoms with van der Waals surface area (Å²) in [6, 6.07) is 7.49. The predicted molar refractivity (Wildman–Crippen MR) is 70.3 cm³/mol. The molecule has 0 aromatic heterocycles. The molecule has 1 aromatic rings. The van der Waals surface area contributed by atoms with Crippen LogP contribution < -0.4 is 5.32 Å². The summed E-state index contributed by atoms with van der Waals surface area (Å²) < 4.78 is 0. The lowest BCUT2D eigenvalue weighted by Gasteiger charge is -2.29. The summed E-state index contributed by atoms with van der Waals surface area (Å²) in [5, 5.41) is 3.62. The number of carbonyl (C=O) groups is 1. The fraction of sp³-hybridized carbons (Fsp3) is 0.500. The molecule has 0 spiro atoms. The standard InChI is InChI=1S/C14H18ClNO/c1-10-6-2-5-9-13(10)16-14(17)11-7-3-4-8-12(11)15/h3-4,7-8,10,13H,2,5-6,9H2,1H3,(H,16,17)/t10-,13-/m1/s1. The molecule has 0 radical (unpaired) electrons. The van der Waals surface area contributed by atoms with Gasteiger partial charge in [-0.15, -0.1) is 0 Å². The Labute approximate surface area is 107 Å². The highest BCUT2D eigenvalue weighted by Gasteiger charge is 2.23. The van der Waals surface area contributed by atoms with Gasteiger partial charge in [-0.1, -0.05) is 43.5 Å². The van der Waals surface area contributed by atoms with Gasteiger partial charge in [-0.05, 0) is 30.9 Å². The summed E-state index contributed by atoms with van der Waals surface area (Å²) in [7, 11) is 0. The maximum absolute atomic E-state index is 12.1. The molecule has 2 rings (SSSR count). The third-order valence-electron chi connectivity index (χ3n) is 3.55. The highest BCUT2D eigenvalue weighted by Crippen LogP contribution is 2.24. The SMILES string of the molecule is C[C@@H]1CCCC[C@H]1NC(=O)c1ccccc1Cl. The number of benzene rings is 1. The van der Waals surface area contributed by atoms with Gasteiger partial charge in [0.15, 0.2) is 0 Å². The molecule has 1 aliphatic carbocycles. The first-order chi connectivity index (χ1) is 8.18. The smallest absolute Gasteiger partial charge is 0.253 e. The van der Waals surface area contributed by atoms with Crippen molar-refractivity contribution in [2.24, 2.45) is 5.92 Å². The summed E-state index contributed by atoms with van der Waals surface area (Å²) in [6.07, 6.45) is 4.77. The normalized spacial score (nSPS) is 24.4. The molecular formula is C14H18ClNO. The van der Waals surface area contributed by atoms with Crippen LogP contribution in [0.4, 0.5) is 0 Å². The maximum atomic E-state index is 12.1. The van der Waals surface area contributed by atoms with Gasteiger partial charge in [0.1, 0.15) is 0 Å². The molecule has 1 saturated carbocycles. The lowest BCUT2D eigenvalue weighted by atomic mass is 9.86. The van der Waals surface area contributed by atoms with Crippen LogP contribution in [0.15, 0.2) is 24.3 Å². The second-order valence-corrected chi connectivity index (χ2v) is 5.23. The molecule has 2 nitrogen and oxygen atoms in total. The zero-order chi connectivity index (χ0) is 12.3. The number of hydrogen-bond donors (Lipinski definition) is 1. The van der Waals surface area contributed by atoms with Gasteiger partial charge in [0, 0.05) is 6.04 Å². The predicted octanol–water partition coefficient (Wildman–Crippen LogP) is 3.65. The first kappa shape index (κ1) is 12.4. The summed E-state index contributed by atoms with van der Waals surface area (Å²) in [5.74, 6) is 0.518. The topological polar surface area (TPSA) is 29.1 Å². The van der Waals surface area contributed by atoms with Crippen molar-refractivity contribution in [3.8, 4) is 0 Å². The second kappa shape index (κ2) is 5.54. The van der Waals surface area contributed by atoms with Crippen LogP contribution in [-0.2, 0) is 0 Å². The Balaban J connectivity index is 2.04. The first-order valence-electron chi connectivity index (χ1n) is 6.24. The van der Waals surface area contributed by atoms with Crippen LogP contribution in [0, 0.1) is 5.92 Å². The summed E-state index contributed by atoms with van der Waals surface area (Å²) in [6.45, 7) is 2.21. The molecule has 1 fully saturated rings. The molecule has 17 heavy (non-hydrogen) atoms. The molecule has 2 atom stereocenters. The van der Waals surface area contributed by atoms with Crippen LogP contribution in [0.3, 0.4) is 0 Å². The molecule has 0 unspecified atom stereocenters. The molecule has 1 amide bonds. The van der Waals surface area contributed by atoms with Crippen molar-refractivity contribution in [2.45, 2.75) is 38.6 Å². The first-order valence-corrected chi connectivity index (χ1v) is 6.61. The quantitative estimate of drug-likeness (QED) is 0.854. The van der Waals surface area contributed by atoms with Crippen LogP contribution in [-0.4, -0.2) is 11.9 Å². The van der Waals surface area contributed by atoms with E-state index in [1.54, 1.807) is 12.1 Å².